The van der Waals surface area contributed by atoms with E-state index in [1.165, 1.54) is 0 Å². The van der Waals surface area contributed by atoms with Gasteiger partial charge >= 0.3 is 0 Å². The molecule has 2 fully saturated rings. The highest BCUT2D eigenvalue weighted by Gasteiger charge is 2.33. The lowest BCUT2D eigenvalue weighted by Crippen LogP contribution is -2.50. The van der Waals surface area contributed by atoms with E-state index in [0.717, 1.165) is 55.1 Å². The fourth-order valence-corrected chi connectivity index (χ4v) is 4.81. The first kappa shape index (κ1) is 20.5. The number of carbonyl (C=O) groups is 2. The number of carbonyl (C=O) groups excluding carboxylic acids is 2. The third-order valence-electron chi connectivity index (χ3n) is 5.60. The molecule has 3 rings (SSSR count). The monoisotopic (exact) mass is 400 g/mol. The maximum absolute atomic E-state index is 12.8. The van der Waals surface area contributed by atoms with E-state index in [1.807, 2.05) is 41.8 Å². The summed E-state index contributed by atoms with van der Waals surface area (Å²) >= 11 is 1.87. The first-order valence-corrected chi connectivity index (χ1v) is 11.1. The molecule has 150 valence electrons. The second kappa shape index (κ2) is 9.33. The quantitative estimate of drug-likeness (QED) is 0.794. The molecule has 0 spiro atoms. The van der Waals surface area contributed by atoms with Crippen molar-refractivity contribution in [2.24, 2.45) is 0 Å². The van der Waals surface area contributed by atoms with Crippen molar-refractivity contribution in [3.63, 3.8) is 0 Å². The number of hydrogen-bond donors (Lipinski definition) is 2. The van der Waals surface area contributed by atoms with Crippen LogP contribution in [0.5, 0.6) is 0 Å². The van der Waals surface area contributed by atoms with Crippen molar-refractivity contribution < 1.29 is 9.59 Å². The average Bonchev–Trinajstić information content (AvgIpc) is 2.74. The molecule has 2 amide bonds. The minimum atomic E-state index is -0.726. The zero-order valence-corrected chi connectivity index (χ0v) is 17.2. The largest absolute Gasteiger partial charge is 0.376 e. The molecular weight excluding hydrogens is 372 g/mol. The van der Waals surface area contributed by atoms with Crippen LogP contribution in [0.2, 0.25) is 0 Å². The summed E-state index contributed by atoms with van der Waals surface area (Å²) in [7, 11) is 0. The molecular formula is C21H28N4O2S. The third-order valence-corrected chi connectivity index (χ3v) is 6.54. The van der Waals surface area contributed by atoms with Crippen LogP contribution in [0.4, 0.5) is 5.69 Å². The second-order valence-corrected chi connectivity index (χ2v) is 8.76. The van der Waals surface area contributed by atoms with Gasteiger partial charge in [-0.3, -0.25) is 9.59 Å². The maximum atomic E-state index is 12.8. The summed E-state index contributed by atoms with van der Waals surface area (Å²) in [5, 5.41) is 15.6. The van der Waals surface area contributed by atoms with E-state index in [1.54, 1.807) is 0 Å². The molecule has 1 aliphatic carbocycles. The Morgan fingerprint density at radius 2 is 1.93 bits per heavy atom. The van der Waals surface area contributed by atoms with Gasteiger partial charge in [0, 0.05) is 35.8 Å². The van der Waals surface area contributed by atoms with Gasteiger partial charge in [-0.25, -0.2) is 0 Å². The smallest absolute Gasteiger partial charge is 0.254 e. The predicted octanol–water partition coefficient (Wildman–Crippen LogP) is 2.94. The van der Waals surface area contributed by atoms with Crippen molar-refractivity contribution in [1.82, 2.24) is 10.2 Å². The number of nitrogens with one attached hydrogen (secondary N) is 2. The van der Waals surface area contributed by atoms with Crippen molar-refractivity contribution >= 4 is 29.3 Å². The zero-order valence-electron chi connectivity index (χ0n) is 16.4. The number of nitriles is 1. The lowest BCUT2D eigenvalue weighted by molar-refractivity contribution is -0.121. The Hall–Kier alpha value is -2.20. The number of amides is 2. The van der Waals surface area contributed by atoms with E-state index in [0.29, 0.717) is 18.4 Å². The first-order chi connectivity index (χ1) is 13.5. The number of hydrogen-bond acceptors (Lipinski definition) is 5. The highest BCUT2D eigenvalue weighted by Crippen LogP contribution is 2.27. The average molecular weight is 401 g/mol. The van der Waals surface area contributed by atoms with Crippen LogP contribution in [0, 0.1) is 18.3 Å². The first-order valence-electron chi connectivity index (χ1n) is 9.97. The van der Waals surface area contributed by atoms with E-state index in [2.05, 4.69) is 16.7 Å². The van der Waals surface area contributed by atoms with Crippen LogP contribution < -0.4 is 10.6 Å². The standard InChI is InChI=1S/C21H28N4O2S/c1-16-17(20(27)25-10-12-28-13-11-25)6-5-7-18(16)23-14-19(26)24-21(15-22)8-3-2-4-9-21/h5-7,23H,2-4,8-14H2,1H3,(H,24,26). The van der Waals surface area contributed by atoms with E-state index in [-0.39, 0.29) is 18.4 Å². The fourth-order valence-electron chi connectivity index (χ4n) is 3.90. The molecule has 1 aliphatic heterocycles. The van der Waals surface area contributed by atoms with Crippen LogP contribution >= 0.6 is 11.8 Å². The summed E-state index contributed by atoms with van der Waals surface area (Å²) in [6.07, 6.45) is 4.49. The molecule has 1 aromatic carbocycles. The molecule has 1 heterocycles. The molecule has 6 nitrogen and oxygen atoms in total. The lowest BCUT2D eigenvalue weighted by atomic mass is 9.83. The van der Waals surface area contributed by atoms with E-state index < -0.39 is 5.54 Å². The van der Waals surface area contributed by atoms with Crippen LogP contribution in [0.1, 0.15) is 48.0 Å². The molecule has 1 aromatic rings. The molecule has 28 heavy (non-hydrogen) atoms. The topological polar surface area (TPSA) is 85.2 Å². The number of anilines is 1. The number of benzene rings is 1. The van der Waals surface area contributed by atoms with E-state index in [9.17, 15) is 14.9 Å². The molecule has 0 atom stereocenters. The molecule has 7 heteroatoms. The summed E-state index contributed by atoms with van der Waals surface area (Å²) in [6.45, 7) is 3.55. The number of rotatable bonds is 5. The molecule has 1 saturated heterocycles. The normalized spacial score (nSPS) is 18.8. The van der Waals surface area contributed by atoms with Gasteiger partial charge in [-0.1, -0.05) is 25.3 Å². The van der Waals surface area contributed by atoms with Crippen molar-refractivity contribution in [1.29, 1.82) is 5.26 Å². The second-order valence-electron chi connectivity index (χ2n) is 7.54. The van der Waals surface area contributed by atoms with Crippen LogP contribution in [0.3, 0.4) is 0 Å². The number of nitrogens with zero attached hydrogens (tertiary/aromatic N) is 2. The minimum Gasteiger partial charge on any atom is -0.376 e. The van der Waals surface area contributed by atoms with Gasteiger partial charge in [-0.2, -0.15) is 17.0 Å². The third kappa shape index (κ3) is 4.79. The highest BCUT2D eigenvalue weighted by atomic mass is 32.2. The Labute approximate surface area is 171 Å². The van der Waals surface area contributed by atoms with Gasteiger partial charge in [-0.05, 0) is 37.5 Å². The van der Waals surface area contributed by atoms with Gasteiger partial charge in [0.15, 0.2) is 0 Å². The Balaban J connectivity index is 1.62. The summed E-state index contributed by atoms with van der Waals surface area (Å²) in [5.74, 6) is 1.82. The fraction of sp³-hybridized carbons (Fsp3) is 0.571. The van der Waals surface area contributed by atoms with Crippen LogP contribution in [-0.4, -0.2) is 53.4 Å². The van der Waals surface area contributed by atoms with Crippen molar-refractivity contribution in [2.45, 2.75) is 44.6 Å². The Morgan fingerprint density at radius 1 is 1.21 bits per heavy atom. The van der Waals surface area contributed by atoms with Crippen LogP contribution in [0.25, 0.3) is 0 Å². The summed E-state index contributed by atoms with van der Waals surface area (Å²) in [5.41, 5.74) is 1.59. The Morgan fingerprint density at radius 3 is 2.61 bits per heavy atom. The Bertz CT molecular complexity index is 762. The number of thioether (sulfide) groups is 1. The van der Waals surface area contributed by atoms with Crippen LogP contribution in [0.15, 0.2) is 18.2 Å². The molecule has 0 unspecified atom stereocenters. The predicted molar refractivity (Wildman–Crippen MR) is 112 cm³/mol. The van der Waals surface area contributed by atoms with Gasteiger partial charge in [0.2, 0.25) is 5.91 Å². The van der Waals surface area contributed by atoms with Crippen molar-refractivity contribution in [2.75, 3.05) is 36.5 Å². The van der Waals surface area contributed by atoms with E-state index in [4.69, 9.17) is 0 Å². The highest BCUT2D eigenvalue weighted by molar-refractivity contribution is 7.99. The SMILES string of the molecule is Cc1c(NCC(=O)NC2(C#N)CCCCC2)cccc1C(=O)N1CCSCC1. The Kier molecular flexibility index (Phi) is 6.84. The molecule has 2 N–H and O–H groups in total. The van der Waals surface area contributed by atoms with Crippen molar-refractivity contribution in [3.05, 3.63) is 29.3 Å². The van der Waals surface area contributed by atoms with Gasteiger partial charge < -0.3 is 15.5 Å². The lowest BCUT2D eigenvalue weighted by Gasteiger charge is -2.31. The molecule has 1 saturated carbocycles. The minimum absolute atomic E-state index is 0.0524. The zero-order chi connectivity index (χ0) is 20.0. The summed E-state index contributed by atoms with van der Waals surface area (Å²) < 4.78 is 0. The molecule has 2 aliphatic rings. The van der Waals surface area contributed by atoms with E-state index >= 15 is 0 Å². The molecule has 0 radical (unpaired) electrons. The van der Waals surface area contributed by atoms with Gasteiger partial charge in [0.05, 0.1) is 12.6 Å². The van der Waals surface area contributed by atoms with Gasteiger partial charge in [0.25, 0.3) is 5.91 Å². The summed E-state index contributed by atoms with van der Waals surface area (Å²) in [6, 6.07) is 7.88. The van der Waals surface area contributed by atoms with Gasteiger partial charge in [0.1, 0.15) is 5.54 Å². The molecule has 0 aromatic heterocycles. The molecule has 0 bridgehead atoms. The van der Waals surface area contributed by atoms with Crippen molar-refractivity contribution in [3.8, 4) is 6.07 Å². The van der Waals surface area contributed by atoms with Gasteiger partial charge in [-0.15, -0.1) is 0 Å². The maximum Gasteiger partial charge on any atom is 0.254 e. The summed E-state index contributed by atoms with van der Waals surface area (Å²) in [4.78, 5) is 27.1. The van der Waals surface area contributed by atoms with Crippen LogP contribution in [-0.2, 0) is 4.79 Å².